The fourth-order valence-corrected chi connectivity index (χ4v) is 4.22. The lowest BCUT2D eigenvalue weighted by Gasteiger charge is -2.51. The molecule has 0 amide bonds. The maximum absolute atomic E-state index is 12.6. The van der Waals surface area contributed by atoms with Crippen LogP contribution in [0.3, 0.4) is 0 Å². The van der Waals surface area contributed by atoms with Crippen molar-refractivity contribution in [3.05, 3.63) is 29.8 Å². The number of fused-ring (bicyclic) bond motifs is 1. The molecule has 1 aromatic rings. The summed E-state index contributed by atoms with van der Waals surface area (Å²) < 4.78 is 15.9. The second-order valence-corrected chi connectivity index (χ2v) is 7.21. The minimum absolute atomic E-state index is 0.252. The zero-order valence-electron chi connectivity index (χ0n) is 14.9. The van der Waals surface area contributed by atoms with E-state index < -0.39 is 29.0 Å². The van der Waals surface area contributed by atoms with Crippen LogP contribution in [0.15, 0.2) is 24.3 Å². The van der Waals surface area contributed by atoms with E-state index in [0.717, 1.165) is 5.56 Å². The van der Waals surface area contributed by atoms with Crippen LogP contribution in [0.2, 0.25) is 0 Å². The highest BCUT2D eigenvalue weighted by atomic mass is 16.6. The van der Waals surface area contributed by atoms with Crippen LogP contribution in [0, 0.1) is 11.8 Å². The molecule has 4 atom stereocenters. The van der Waals surface area contributed by atoms with Gasteiger partial charge in [-0.25, -0.2) is 0 Å². The van der Waals surface area contributed by atoms with Crippen molar-refractivity contribution in [2.24, 2.45) is 11.8 Å². The zero-order chi connectivity index (χ0) is 18.4. The van der Waals surface area contributed by atoms with Gasteiger partial charge in [0.2, 0.25) is 0 Å². The Balaban J connectivity index is 2.04. The first-order valence-corrected chi connectivity index (χ1v) is 8.51. The van der Waals surface area contributed by atoms with E-state index in [1.807, 2.05) is 12.1 Å². The molecule has 2 fully saturated rings. The Labute approximate surface area is 147 Å². The smallest absolute Gasteiger partial charge is 0.314 e. The number of hydrogen-bond donors (Lipinski definition) is 1. The van der Waals surface area contributed by atoms with Crippen LogP contribution in [0.5, 0.6) is 5.75 Å². The molecule has 1 aliphatic carbocycles. The van der Waals surface area contributed by atoms with Crippen molar-refractivity contribution in [1.29, 1.82) is 0 Å². The molecule has 1 N–H and O–H groups in total. The molecular weight excluding hydrogens is 324 g/mol. The molecule has 0 bridgehead atoms. The molecule has 1 aliphatic heterocycles. The van der Waals surface area contributed by atoms with Crippen molar-refractivity contribution in [3.8, 4) is 5.75 Å². The molecule has 0 aromatic heterocycles. The Morgan fingerprint density at radius 2 is 2.00 bits per heavy atom. The minimum Gasteiger partial charge on any atom is -0.497 e. The van der Waals surface area contributed by atoms with E-state index in [-0.39, 0.29) is 25.0 Å². The first-order valence-electron chi connectivity index (χ1n) is 8.51. The van der Waals surface area contributed by atoms with E-state index in [2.05, 4.69) is 0 Å². The summed E-state index contributed by atoms with van der Waals surface area (Å²) in [5.41, 5.74) is -1.48. The highest BCUT2D eigenvalue weighted by molar-refractivity contribution is 5.87. The van der Waals surface area contributed by atoms with Crippen molar-refractivity contribution < 1.29 is 28.9 Å². The number of aliphatic hydroxyl groups is 1. The first-order chi connectivity index (χ1) is 11.7. The third-order valence-corrected chi connectivity index (χ3v) is 5.48. The number of ether oxygens (including phenoxy) is 3. The summed E-state index contributed by atoms with van der Waals surface area (Å²) >= 11 is 0. The van der Waals surface area contributed by atoms with Gasteiger partial charge in [-0.15, -0.1) is 0 Å². The number of benzene rings is 1. The maximum Gasteiger partial charge on any atom is 0.314 e. The highest BCUT2D eigenvalue weighted by Crippen LogP contribution is 2.61. The molecule has 0 unspecified atom stereocenters. The van der Waals surface area contributed by atoms with Crippen LogP contribution in [0.25, 0.3) is 0 Å². The van der Waals surface area contributed by atoms with Gasteiger partial charge in [0.1, 0.15) is 11.7 Å². The Hall–Kier alpha value is -2.08. The molecular formula is C19H24O6. The molecule has 0 spiro atoms. The predicted octanol–water partition coefficient (Wildman–Crippen LogP) is 2.04. The van der Waals surface area contributed by atoms with E-state index in [9.17, 15) is 14.7 Å². The normalized spacial score (nSPS) is 30.9. The lowest BCUT2D eigenvalue weighted by atomic mass is 9.70. The number of carbonyl (C=O) groups excluding carboxylic acids is 2. The van der Waals surface area contributed by atoms with Crippen LogP contribution in [-0.2, 0) is 19.1 Å². The molecule has 1 aromatic carbocycles. The minimum atomic E-state index is -1.25. The Kier molecular flexibility index (Phi) is 4.27. The van der Waals surface area contributed by atoms with Gasteiger partial charge in [0, 0.05) is 12.3 Å². The van der Waals surface area contributed by atoms with Crippen molar-refractivity contribution >= 4 is 11.9 Å². The standard InChI is InChI=1S/C19H24O6/c1-5-24-16(20)13-10-19(18(2,3)22)15(17(21)25-19)14(13)11-6-8-12(23-4)9-7-11/h6-9,13-15,22H,5,10H2,1-4H3/t13-,14-,15-,19-/m1/s1. The van der Waals surface area contributed by atoms with E-state index in [0.29, 0.717) is 5.75 Å². The van der Waals surface area contributed by atoms with E-state index in [4.69, 9.17) is 14.2 Å². The van der Waals surface area contributed by atoms with Crippen LogP contribution in [0.1, 0.15) is 38.7 Å². The topological polar surface area (TPSA) is 82.1 Å². The van der Waals surface area contributed by atoms with Crippen molar-refractivity contribution in [3.63, 3.8) is 0 Å². The summed E-state index contributed by atoms with van der Waals surface area (Å²) in [6.45, 7) is 5.24. The van der Waals surface area contributed by atoms with E-state index in [1.165, 1.54) is 0 Å². The van der Waals surface area contributed by atoms with Gasteiger partial charge in [-0.2, -0.15) is 0 Å². The molecule has 3 rings (SSSR count). The Bertz CT molecular complexity index is 674. The molecule has 1 saturated heterocycles. The average molecular weight is 348 g/mol. The summed E-state index contributed by atoms with van der Waals surface area (Å²) in [6, 6.07) is 7.29. The fourth-order valence-electron chi connectivity index (χ4n) is 4.22. The van der Waals surface area contributed by atoms with Crippen LogP contribution in [0.4, 0.5) is 0 Å². The van der Waals surface area contributed by atoms with Crippen LogP contribution in [-0.4, -0.2) is 42.0 Å². The van der Waals surface area contributed by atoms with Gasteiger partial charge in [-0.05, 0) is 38.5 Å². The van der Waals surface area contributed by atoms with Gasteiger partial charge in [0.05, 0.1) is 25.2 Å². The second kappa shape index (κ2) is 6.02. The van der Waals surface area contributed by atoms with Gasteiger partial charge in [0.25, 0.3) is 0 Å². The van der Waals surface area contributed by atoms with Crippen molar-refractivity contribution in [2.75, 3.05) is 13.7 Å². The lowest BCUT2D eigenvalue weighted by Crippen LogP contribution is -2.66. The van der Waals surface area contributed by atoms with Crippen LogP contribution >= 0.6 is 0 Å². The molecule has 1 heterocycles. The number of hydrogen-bond acceptors (Lipinski definition) is 6. The Morgan fingerprint density at radius 1 is 1.36 bits per heavy atom. The number of methoxy groups -OCH3 is 1. The summed E-state index contributed by atoms with van der Waals surface area (Å²) in [7, 11) is 1.58. The lowest BCUT2D eigenvalue weighted by molar-refractivity contribution is -0.250. The molecule has 6 nitrogen and oxygen atoms in total. The second-order valence-electron chi connectivity index (χ2n) is 7.21. The molecule has 25 heavy (non-hydrogen) atoms. The summed E-state index contributed by atoms with van der Waals surface area (Å²) in [5.74, 6) is -1.56. The highest BCUT2D eigenvalue weighted by Gasteiger charge is 2.73. The average Bonchev–Trinajstić information content (AvgIpc) is 2.85. The number of carbonyl (C=O) groups is 2. The third-order valence-electron chi connectivity index (χ3n) is 5.48. The summed E-state index contributed by atoms with van der Waals surface area (Å²) in [4.78, 5) is 24.8. The van der Waals surface area contributed by atoms with Crippen molar-refractivity contribution in [1.82, 2.24) is 0 Å². The maximum atomic E-state index is 12.6. The van der Waals surface area contributed by atoms with Gasteiger partial charge < -0.3 is 19.3 Å². The van der Waals surface area contributed by atoms with Gasteiger partial charge >= 0.3 is 11.9 Å². The van der Waals surface area contributed by atoms with Gasteiger partial charge in [-0.1, -0.05) is 12.1 Å². The molecule has 6 heteroatoms. The molecule has 1 saturated carbocycles. The fraction of sp³-hybridized carbons (Fsp3) is 0.579. The van der Waals surface area contributed by atoms with E-state index >= 15 is 0 Å². The number of esters is 2. The van der Waals surface area contributed by atoms with Gasteiger partial charge in [0.15, 0.2) is 5.60 Å². The number of rotatable bonds is 5. The summed E-state index contributed by atoms with van der Waals surface area (Å²) in [5, 5.41) is 10.6. The van der Waals surface area contributed by atoms with E-state index in [1.54, 1.807) is 40.0 Å². The zero-order valence-corrected chi connectivity index (χ0v) is 14.9. The SMILES string of the molecule is CCOC(=O)[C@@H]1C[C@@]2(C(C)(C)O)OC(=O)[C@H]2[C@@H]1c1ccc(OC)cc1. The molecule has 2 aliphatic rings. The van der Waals surface area contributed by atoms with Gasteiger partial charge in [-0.3, -0.25) is 9.59 Å². The molecule has 136 valence electrons. The quantitative estimate of drug-likeness (QED) is 0.820. The Morgan fingerprint density at radius 3 is 2.48 bits per heavy atom. The van der Waals surface area contributed by atoms with Crippen molar-refractivity contribution in [2.45, 2.75) is 44.3 Å². The first kappa shape index (κ1) is 17.7. The predicted molar refractivity (Wildman–Crippen MR) is 89.1 cm³/mol. The largest absolute Gasteiger partial charge is 0.497 e. The monoisotopic (exact) mass is 348 g/mol. The third kappa shape index (κ3) is 2.59. The van der Waals surface area contributed by atoms with Crippen LogP contribution < -0.4 is 4.74 Å². The molecule has 0 radical (unpaired) electrons. The summed E-state index contributed by atoms with van der Waals surface area (Å²) in [6.07, 6.45) is 0.252.